The number of aliphatic hydroxyl groups is 1. The maximum absolute atomic E-state index is 12.8. The summed E-state index contributed by atoms with van der Waals surface area (Å²) in [4.78, 5) is 16.7. The summed E-state index contributed by atoms with van der Waals surface area (Å²) in [6.45, 7) is 5.32. The molecule has 1 aromatic carbocycles. The van der Waals surface area contributed by atoms with Gasteiger partial charge in [-0.2, -0.15) is 0 Å². The minimum absolute atomic E-state index is 0.109. The average Bonchev–Trinajstić information content (AvgIpc) is 3.29. The van der Waals surface area contributed by atoms with Gasteiger partial charge in [-0.15, -0.1) is 11.3 Å². The Balaban J connectivity index is 1.54. The molecule has 4 N–H and O–H groups in total. The van der Waals surface area contributed by atoms with Crippen molar-refractivity contribution >= 4 is 33.0 Å². The molecule has 0 aliphatic heterocycles. The second-order valence-corrected chi connectivity index (χ2v) is 11.5. The summed E-state index contributed by atoms with van der Waals surface area (Å²) in [7, 11) is -3.58. The fourth-order valence-electron chi connectivity index (χ4n) is 3.68. The van der Waals surface area contributed by atoms with Crippen LogP contribution in [0.5, 0.6) is 0 Å². The number of aromatic nitrogens is 1. The largest absolute Gasteiger partial charge is 0.383 e. The molecule has 0 bridgehead atoms. The minimum atomic E-state index is -3.58. The van der Waals surface area contributed by atoms with Gasteiger partial charge in [0.05, 0.1) is 6.20 Å². The van der Waals surface area contributed by atoms with Gasteiger partial charge in [0.25, 0.3) is 0 Å². The summed E-state index contributed by atoms with van der Waals surface area (Å²) in [5, 5.41) is 13.3. The number of hydrogen-bond acceptors (Lipinski definition) is 6. The molecule has 0 saturated heterocycles. The monoisotopic (exact) mass is 434 g/mol. The molecular weight excluding hydrogens is 408 g/mol. The molecule has 0 unspecified atom stereocenters. The first-order chi connectivity index (χ1) is 13.6. The average molecular weight is 435 g/mol. The number of amides is 2. The lowest BCUT2D eigenvalue weighted by molar-refractivity contribution is 0.0783. The lowest BCUT2D eigenvalue weighted by Gasteiger charge is -2.27. The number of anilines is 1. The number of urea groups is 1. The van der Waals surface area contributed by atoms with Crippen molar-refractivity contribution < 1.29 is 14.1 Å². The summed E-state index contributed by atoms with van der Waals surface area (Å²) in [6, 6.07) is 3.57. The summed E-state index contributed by atoms with van der Waals surface area (Å²) in [6.07, 6.45) is 5.61. The van der Waals surface area contributed by atoms with Gasteiger partial charge in [-0.05, 0) is 68.1 Å². The van der Waals surface area contributed by atoms with Gasteiger partial charge in [-0.1, -0.05) is 19.1 Å². The zero-order valence-corrected chi connectivity index (χ0v) is 18.4. The first kappa shape index (κ1) is 20.3. The highest BCUT2D eigenvalue weighted by Crippen LogP contribution is 2.46. The highest BCUT2D eigenvalue weighted by atomic mass is 32.2. The molecule has 9 heteroatoms. The van der Waals surface area contributed by atoms with Gasteiger partial charge >= 0.3 is 6.03 Å². The van der Waals surface area contributed by atoms with Crippen LogP contribution >= 0.6 is 11.3 Å². The van der Waals surface area contributed by atoms with Crippen LogP contribution in [-0.4, -0.2) is 20.3 Å². The van der Waals surface area contributed by atoms with E-state index in [9.17, 15) is 14.1 Å². The molecule has 2 aliphatic rings. The van der Waals surface area contributed by atoms with Crippen molar-refractivity contribution in [2.75, 3.05) is 5.32 Å². The molecular formula is C20H26N4O3S2. The van der Waals surface area contributed by atoms with E-state index in [1.165, 1.54) is 24.6 Å². The quantitative estimate of drug-likeness (QED) is 0.547. The Morgan fingerprint density at radius 1 is 1.38 bits per heavy atom. The Morgan fingerprint density at radius 3 is 2.66 bits per heavy atom. The second kappa shape index (κ2) is 7.07. The van der Waals surface area contributed by atoms with Crippen molar-refractivity contribution in [3.8, 4) is 0 Å². The van der Waals surface area contributed by atoms with Crippen molar-refractivity contribution in [1.82, 2.24) is 9.71 Å². The van der Waals surface area contributed by atoms with E-state index in [4.69, 9.17) is 4.78 Å². The van der Waals surface area contributed by atoms with Crippen LogP contribution in [0, 0.1) is 10.7 Å². The highest BCUT2D eigenvalue weighted by Gasteiger charge is 2.33. The zero-order chi connectivity index (χ0) is 21.0. The third-order valence-electron chi connectivity index (χ3n) is 5.67. The van der Waals surface area contributed by atoms with Crippen molar-refractivity contribution in [3.05, 3.63) is 40.0 Å². The van der Waals surface area contributed by atoms with E-state index in [-0.39, 0.29) is 4.21 Å². The number of benzene rings is 1. The molecule has 2 aromatic rings. The molecule has 2 atom stereocenters. The van der Waals surface area contributed by atoms with Gasteiger partial charge in [0.2, 0.25) is 0 Å². The number of nitrogens with one attached hydrogen (secondary N) is 3. The number of thiazole rings is 1. The van der Waals surface area contributed by atoms with E-state index in [1.807, 2.05) is 0 Å². The van der Waals surface area contributed by atoms with Crippen LogP contribution in [0.15, 0.2) is 22.5 Å². The lowest BCUT2D eigenvalue weighted by Crippen LogP contribution is -2.34. The third-order valence-corrected chi connectivity index (χ3v) is 8.88. The van der Waals surface area contributed by atoms with Crippen molar-refractivity contribution in [2.24, 2.45) is 5.92 Å². The highest BCUT2D eigenvalue weighted by molar-refractivity contribution is 7.93. The first-order valence-electron chi connectivity index (χ1n) is 9.77. The summed E-state index contributed by atoms with van der Waals surface area (Å²) in [5.74, 6) is 1.00. The number of fused-ring (bicyclic) bond motifs is 1. The van der Waals surface area contributed by atoms with Gasteiger partial charge in [0.15, 0.2) is 9.92 Å². The fourth-order valence-corrected chi connectivity index (χ4v) is 5.78. The lowest BCUT2D eigenvalue weighted by atomic mass is 9.82. The number of carbonyl (C=O) groups excluding carboxylic acids is 1. The molecule has 1 heterocycles. The molecule has 0 spiro atoms. The van der Waals surface area contributed by atoms with Crippen LogP contribution in [0.4, 0.5) is 10.5 Å². The third kappa shape index (κ3) is 4.04. The van der Waals surface area contributed by atoms with E-state index >= 15 is 0 Å². The summed E-state index contributed by atoms with van der Waals surface area (Å²) in [5.41, 5.74) is 3.10. The van der Waals surface area contributed by atoms with Crippen LogP contribution in [0.3, 0.4) is 0 Å². The smallest absolute Gasteiger partial charge is 0.331 e. The molecule has 2 amide bonds. The second-order valence-electron chi connectivity index (χ2n) is 8.45. The van der Waals surface area contributed by atoms with Gasteiger partial charge < -0.3 is 10.4 Å². The predicted molar refractivity (Wildman–Crippen MR) is 114 cm³/mol. The Hall–Kier alpha value is -1.97. The van der Waals surface area contributed by atoms with E-state index in [2.05, 4.69) is 34.1 Å². The topological polar surface area (TPSA) is 115 Å². The molecule has 156 valence electrons. The van der Waals surface area contributed by atoms with Gasteiger partial charge in [-0.3, -0.25) is 0 Å². The van der Waals surface area contributed by atoms with Crippen molar-refractivity contribution in [2.45, 2.75) is 62.2 Å². The van der Waals surface area contributed by atoms with Gasteiger partial charge in [0.1, 0.15) is 14.8 Å². The van der Waals surface area contributed by atoms with E-state index < -0.39 is 21.5 Å². The first-order valence-corrected chi connectivity index (χ1v) is 12.1. The van der Waals surface area contributed by atoms with Crippen LogP contribution in [-0.2, 0) is 28.4 Å². The molecule has 1 saturated carbocycles. The number of hydrogen-bond donors (Lipinski definition) is 4. The summed E-state index contributed by atoms with van der Waals surface area (Å²) < 4.78 is 23.4. The van der Waals surface area contributed by atoms with Crippen LogP contribution in [0.2, 0.25) is 0 Å². The van der Waals surface area contributed by atoms with E-state index in [1.54, 1.807) is 13.8 Å². The van der Waals surface area contributed by atoms with Crippen molar-refractivity contribution in [3.63, 3.8) is 0 Å². The minimum Gasteiger partial charge on any atom is -0.383 e. The maximum atomic E-state index is 12.8. The molecule has 7 nitrogen and oxygen atoms in total. The Kier molecular flexibility index (Phi) is 4.95. The van der Waals surface area contributed by atoms with Crippen LogP contribution in [0.1, 0.15) is 61.2 Å². The molecule has 29 heavy (non-hydrogen) atoms. The zero-order valence-electron chi connectivity index (χ0n) is 16.7. The van der Waals surface area contributed by atoms with Crippen LogP contribution < -0.4 is 10.0 Å². The van der Waals surface area contributed by atoms with Gasteiger partial charge in [0, 0.05) is 5.69 Å². The molecule has 4 rings (SSSR count). The maximum Gasteiger partial charge on any atom is 0.331 e. The van der Waals surface area contributed by atoms with Crippen molar-refractivity contribution in [1.29, 1.82) is 4.78 Å². The van der Waals surface area contributed by atoms with Crippen LogP contribution in [0.25, 0.3) is 0 Å². The number of nitrogens with zero attached hydrogens (tertiary/aromatic N) is 1. The SMILES string of the molecule is C[C@@H](c1ccc2c(c1NC(=O)N[S@@](=N)(=O)c1cnc(C(C)(C)O)s1)CC2)C1CC1. The fraction of sp³-hybridized carbons (Fsp3) is 0.500. The molecule has 0 radical (unpaired) electrons. The van der Waals surface area contributed by atoms with E-state index in [0.29, 0.717) is 16.8 Å². The summed E-state index contributed by atoms with van der Waals surface area (Å²) >= 11 is 0.965. The predicted octanol–water partition coefficient (Wildman–Crippen LogP) is 4.12. The molecule has 2 aliphatic carbocycles. The Morgan fingerprint density at radius 2 is 2.10 bits per heavy atom. The number of aryl methyl sites for hydroxylation is 1. The van der Waals surface area contributed by atoms with E-state index in [0.717, 1.165) is 41.0 Å². The number of rotatable bonds is 6. The normalized spacial score (nSPS) is 18.9. The standard InChI is InChI=1S/C20H26N4O3S2/c1-11(12-4-5-12)14-8-6-13-7-9-15(13)17(14)23-19(25)24-29(21,27)16-10-22-18(28-16)20(2,3)26/h6,8,10-12,26H,4-5,7,9H2,1-3H3,(H3,21,23,24,25,27)/t11-,29-/m1/s1. The molecule has 1 aromatic heterocycles. The van der Waals surface area contributed by atoms with Gasteiger partial charge in [-0.25, -0.2) is 23.5 Å². The number of carbonyl (C=O) groups is 1. The Labute approximate surface area is 175 Å². The Bertz CT molecular complexity index is 1070. The molecule has 1 fully saturated rings.